The molecule has 0 N–H and O–H groups in total. The van der Waals surface area contributed by atoms with Crippen LogP contribution >= 0.6 is 11.6 Å². The van der Waals surface area contributed by atoms with E-state index < -0.39 is 17.9 Å². The first-order valence-electron chi connectivity index (χ1n) is 7.99. The molecule has 0 aromatic heterocycles. The third-order valence-corrected chi connectivity index (χ3v) is 3.92. The zero-order valence-corrected chi connectivity index (χ0v) is 15.2. The summed E-state index contributed by atoms with van der Waals surface area (Å²) in [7, 11) is 1.65. The number of hydrogen-bond acceptors (Lipinski definition) is 3. The highest BCUT2D eigenvalue weighted by Crippen LogP contribution is 2.17. The summed E-state index contributed by atoms with van der Waals surface area (Å²) in [5.41, 5.74) is 1.53. The molecular formula is C20H19ClFNO3. The molecule has 26 heavy (non-hydrogen) atoms. The molecule has 2 aromatic rings. The lowest BCUT2D eigenvalue weighted by Crippen LogP contribution is -2.36. The standard InChI is InChI=1S/C20H19ClFNO3/c1-14(20(25)23(2)13-16-6-4-3-5-7-16)26-19(24)11-9-15-8-10-18(22)17(21)12-15/h3-12,14H,13H2,1-2H3/b11-9+/t14-/m1/s1. The van der Waals surface area contributed by atoms with Gasteiger partial charge in [-0.3, -0.25) is 4.79 Å². The van der Waals surface area contributed by atoms with E-state index in [1.54, 1.807) is 7.05 Å². The fraction of sp³-hybridized carbons (Fsp3) is 0.200. The topological polar surface area (TPSA) is 46.6 Å². The highest BCUT2D eigenvalue weighted by molar-refractivity contribution is 6.30. The van der Waals surface area contributed by atoms with E-state index in [0.717, 1.165) is 5.56 Å². The molecule has 1 amide bonds. The van der Waals surface area contributed by atoms with Crippen LogP contribution < -0.4 is 0 Å². The highest BCUT2D eigenvalue weighted by Gasteiger charge is 2.20. The van der Waals surface area contributed by atoms with Gasteiger partial charge in [0.15, 0.2) is 6.10 Å². The van der Waals surface area contributed by atoms with Gasteiger partial charge in [-0.15, -0.1) is 0 Å². The minimum Gasteiger partial charge on any atom is -0.449 e. The third kappa shape index (κ3) is 5.70. The predicted molar refractivity (Wildman–Crippen MR) is 98.9 cm³/mol. The first kappa shape index (κ1) is 19.7. The van der Waals surface area contributed by atoms with Gasteiger partial charge >= 0.3 is 5.97 Å². The Bertz CT molecular complexity index is 808. The number of likely N-dealkylation sites (N-methyl/N-ethyl adjacent to an activating group) is 1. The molecular weight excluding hydrogens is 357 g/mol. The van der Waals surface area contributed by atoms with E-state index in [9.17, 15) is 14.0 Å². The van der Waals surface area contributed by atoms with Crippen LogP contribution in [0.15, 0.2) is 54.6 Å². The SMILES string of the molecule is C[C@@H](OC(=O)/C=C/c1ccc(F)c(Cl)c1)C(=O)N(C)Cc1ccccc1. The number of esters is 1. The zero-order chi connectivity index (χ0) is 19.1. The molecule has 1 atom stereocenters. The van der Waals surface area contributed by atoms with Gasteiger partial charge in [0.25, 0.3) is 5.91 Å². The van der Waals surface area contributed by atoms with Gasteiger partial charge in [-0.2, -0.15) is 0 Å². The summed E-state index contributed by atoms with van der Waals surface area (Å²) < 4.78 is 18.2. The van der Waals surface area contributed by atoms with E-state index in [4.69, 9.17) is 16.3 Å². The Kier molecular flexibility index (Phi) is 6.92. The van der Waals surface area contributed by atoms with Crippen molar-refractivity contribution < 1.29 is 18.7 Å². The van der Waals surface area contributed by atoms with Crippen LogP contribution in [0, 0.1) is 5.82 Å². The van der Waals surface area contributed by atoms with E-state index >= 15 is 0 Å². The molecule has 6 heteroatoms. The molecule has 136 valence electrons. The van der Waals surface area contributed by atoms with Crippen LogP contribution in [0.4, 0.5) is 4.39 Å². The first-order chi connectivity index (χ1) is 12.4. The largest absolute Gasteiger partial charge is 0.449 e. The summed E-state index contributed by atoms with van der Waals surface area (Å²) in [6.45, 7) is 1.94. The highest BCUT2D eigenvalue weighted by atomic mass is 35.5. The Balaban J connectivity index is 1.89. The maximum absolute atomic E-state index is 13.1. The molecule has 4 nitrogen and oxygen atoms in total. The van der Waals surface area contributed by atoms with Gasteiger partial charge in [-0.25, -0.2) is 9.18 Å². The quantitative estimate of drug-likeness (QED) is 0.564. The Morgan fingerprint density at radius 2 is 1.92 bits per heavy atom. The van der Waals surface area contributed by atoms with Crippen molar-refractivity contribution in [1.82, 2.24) is 4.90 Å². The second kappa shape index (κ2) is 9.15. The van der Waals surface area contributed by atoms with Crippen LogP contribution in [-0.4, -0.2) is 29.9 Å². The van der Waals surface area contributed by atoms with Crippen molar-refractivity contribution in [1.29, 1.82) is 0 Å². The van der Waals surface area contributed by atoms with Crippen molar-refractivity contribution in [2.24, 2.45) is 0 Å². The molecule has 0 fully saturated rings. The number of carbonyl (C=O) groups is 2. The third-order valence-electron chi connectivity index (χ3n) is 3.64. The van der Waals surface area contributed by atoms with E-state index in [-0.39, 0.29) is 10.9 Å². The average molecular weight is 376 g/mol. The molecule has 2 rings (SSSR count). The van der Waals surface area contributed by atoms with Gasteiger partial charge in [0.1, 0.15) is 5.82 Å². The molecule has 2 aromatic carbocycles. The van der Waals surface area contributed by atoms with Crippen molar-refractivity contribution >= 4 is 29.6 Å². The number of rotatable bonds is 6. The first-order valence-corrected chi connectivity index (χ1v) is 8.37. The number of halogens is 2. The monoisotopic (exact) mass is 375 g/mol. The molecule has 0 radical (unpaired) electrons. The lowest BCUT2D eigenvalue weighted by Gasteiger charge is -2.21. The Hall–Kier alpha value is -2.66. The summed E-state index contributed by atoms with van der Waals surface area (Å²) >= 11 is 5.68. The molecule has 0 spiro atoms. The maximum atomic E-state index is 13.1. The second-order valence-corrected chi connectivity index (χ2v) is 6.17. The Morgan fingerprint density at radius 3 is 2.58 bits per heavy atom. The molecule has 0 heterocycles. The van der Waals surface area contributed by atoms with Gasteiger partial charge < -0.3 is 9.64 Å². The minimum atomic E-state index is -0.919. The lowest BCUT2D eigenvalue weighted by molar-refractivity contribution is -0.154. The average Bonchev–Trinajstić information content (AvgIpc) is 2.62. The van der Waals surface area contributed by atoms with Gasteiger partial charge in [0.05, 0.1) is 5.02 Å². The van der Waals surface area contributed by atoms with Crippen LogP contribution in [0.3, 0.4) is 0 Å². The molecule has 0 bridgehead atoms. The molecule has 0 saturated carbocycles. The number of carbonyl (C=O) groups excluding carboxylic acids is 2. The van der Waals surface area contributed by atoms with E-state index in [1.165, 1.54) is 42.2 Å². The molecule has 0 saturated heterocycles. The van der Waals surface area contributed by atoms with E-state index in [2.05, 4.69) is 0 Å². The van der Waals surface area contributed by atoms with Crippen LogP contribution in [0.25, 0.3) is 6.08 Å². The van der Waals surface area contributed by atoms with E-state index in [0.29, 0.717) is 12.1 Å². The smallest absolute Gasteiger partial charge is 0.331 e. The number of benzene rings is 2. The summed E-state index contributed by atoms with van der Waals surface area (Å²) in [6.07, 6.45) is 1.70. The number of nitrogens with zero attached hydrogens (tertiary/aromatic N) is 1. The second-order valence-electron chi connectivity index (χ2n) is 5.77. The summed E-state index contributed by atoms with van der Waals surface area (Å²) in [6, 6.07) is 13.6. The Morgan fingerprint density at radius 1 is 1.23 bits per heavy atom. The number of ether oxygens (including phenoxy) is 1. The normalized spacial score (nSPS) is 12.0. The van der Waals surface area contributed by atoms with Crippen molar-refractivity contribution in [2.75, 3.05) is 7.05 Å². The minimum absolute atomic E-state index is 0.0356. The van der Waals surface area contributed by atoms with Crippen molar-refractivity contribution in [3.8, 4) is 0 Å². The van der Waals surface area contributed by atoms with Crippen molar-refractivity contribution in [3.05, 3.63) is 76.6 Å². The fourth-order valence-electron chi connectivity index (χ4n) is 2.29. The summed E-state index contributed by atoms with van der Waals surface area (Å²) in [5, 5.41) is -0.0356. The van der Waals surface area contributed by atoms with Crippen molar-refractivity contribution in [2.45, 2.75) is 19.6 Å². The van der Waals surface area contributed by atoms with Crippen LogP contribution in [0.5, 0.6) is 0 Å². The predicted octanol–water partition coefficient (Wildman–Crippen LogP) is 4.08. The van der Waals surface area contributed by atoms with Crippen molar-refractivity contribution in [3.63, 3.8) is 0 Å². The molecule has 0 aliphatic rings. The number of amides is 1. The molecule has 0 unspecified atom stereocenters. The zero-order valence-electron chi connectivity index (χ0n) is 14.5. The Labute approximate surface area is 156 Å². The fourth-order valence-corrected chi connectivity index (χ4v) is 2.48. The van der Waals surface area contributed by atoms with Crippen LogP contribution in [-0.2, 0) is 20.9 Å². The van der Waals surface area contributed by atoms with Gasteiger partial charge in [0.2, 0.25) is 0 Å². The van der Waals surface area contributed by atoms with Crippen LogP contribution in [0.1, 0.15) is 18.1 Å². The number of hydrogen-bond donors (Lipinski definition) is 0. The maximum Gasteiger partial charge on any atom is 0.331 e. The van der Waals surface area contributed by atoms with Crippen LogP contribution in [0.2, 0.25) is 5.02 Å². The summed E-state index contributed by atoms with van der Waals surface area (Å²) in [4.78, 5) is 25.7. The lowest BCUT2D eigenvalue weighted by atomic mass is 10.2. The molecule has 0 aliphatic heterocycles. The van der Waals surface area contributed by atoms with E-state index in [1.807, 2.05) is 30.3 Å². The summed E-state index contributed by atoms with van der Waals surface area (Å²) in [5.74, 6) is -1.51. The van der Waals surface area contributed by atoms with Gasteiger partial charge in [-0.1, -0.05) is 48.0 Å². The van der Waals surface area contributed by atoms with Gasteiger partial charge in [-0.05, 0) is 36.3 Å². The van der Waals surface area contributed by atoms with Gasteiger partial charge in [0, 0.05) is 19.7 Å². The molecule has 0 aliphatic carbocycles.